The van der Waals surface area contributed by atoms with Crippen molar-refractivity contribution in [1.29, 1.82) is 0 Å². The monoisotopic (exact) mass is 279 g/mol. The van der Waals surface area contributed by atoms with Crippen molar-refractivity contribution < 1.29 is 4.79 Å². The van der Waals surface area contributed by atoms with Crippen LogP contribution in [0.5, 0.6) is 0 Å². The lowest BCUT2D eigenvalue weighted by Gasteiger charge is -2.34. The fourth-order valence-corrected chi connectivity index (χ4v) is 3.41. The number of hydrogen-bond donors (Lipinski definition) is 1. The molecule has 0 bridgehead atoms. The van der Waals surface area contributed by atoms with Gasteiger partial charge in [-0.1, -0.05) is 54.6 Å². The first kappa shape index (κ1) is 13.9. The maximum atomic E-state index is 11.5. The van der Waals surface area contributed by atoms with Crippen LogP contribution in [-0.2, 0) is 17.6 Å². The number of carbonyl (C=O) groups is 1. The summed E-state index contributed by atoms with van der Waals surface area (Å²) in [4.78, 5) is 11.5. The molecule has 2 atom stereocenters. The topological polar surface area (TPSA) is 29.1 Å². The molecule has 0 unspecified atom stereocenters. The van der Waals surface area contributed by atoms with Crippen LogP contribution in [0.25, 0.3) is 0 Å². The van der Waals surface area contributed by atoms with Gasteiger partial charge >= 0.3 is 0 Å². The van der Waals surface area contributed by atoms with Gasteiger partial charge in [0, 0.05) is 18.9 Å². The van der Waals surface area contributed by atoms with Gasteiger partial charge in [0.05, 0.1) is 0 Å². The normalized spacial score (nSPS) is 20.6. The van der Waals surface area contributed by atoms with Gasteiger partial charge in [-0.05, 0) is 36.0 Å². The van der Waals surface area contributed by atoms with Crippen LogP contribution in [-0.4, -0.2) is 11.9 Å². The highest BCUT2D eigenvalue weighted by Crippen LogP contribution is 2.34. The molecule has 1 amide bonds. The molecule has 0 heterocycles. The van der Waals surface area contributed by atoms with Crippen molar-refractivity contribution >= 4 is 5.91 Å². The van der Waals surface area contributed by atoms with E-state index in [0.717, 1.165) is 19.3 Å². The van der Waals surface area contributed by atoms with Crippen molar-refractivity contribution in [3.05, 3.63) is 71.3 Å². The first-order valence-electron chi connectivity index (χ1n) is 7.63. The van der Waals surface area contributed by atoms with Crippen LogP contribution in [0.1, 0.15) is 36.0 Å². The fourth-order valence-electron chi connectivity index (χ4n) is 3.41. The second kappa shape index (κ2) is 6.13. The number of carbonyl (C=O) groups excluding carboxylic acids is 1. The number of nitrogens with one attached hydrogen (secondary N) is 1. The van der Waals surface area contributed by atoms with E-state index in [-0.39, 0.29) is 11.9 Å². The molecular weight excluding hydrogens is 258 g/mol. The van der Waals surface area contributed by atoms with E-state index in [2.05, 4.69) is 53.8 Å². The molecule has 21 heavy (non-hydrogen) atoms. The Bertz CT molecular complexity index is 620. The maximum absolute atomic E-state index is 11.5. The molecule has 0 aromatic heterocycles. The van der Waals surface area contributed by atoms with Crippen LogP contribution in [0.4, 0.5) is 0 Å². The van der Waals surface area contributed by atoms with Crippen LogP contribution in [0.15, 0.2) is 54.6 Å². The quantitative estimate of drug-likeness (QED) is 0.916. The summed E-state index contributed by atoms with van der Waals surface area (Å²) < 4.78 is 0. The number of fused-ring (bicyclic) bond motifs is 1. The molecule has 0 radical (unpaired) electrons. The number of hydrogen-bond acceptors (Lipinski definition) is 1. The van der Waals surface area contributed by atoms with Gasteiger partial charge in [0.1, 0.15) is 0 Å². The SMILES string of the molecule is CC(=O)N[C@H]1CCc2ccccc2[C@H]1Cc1ccccc1. The summed E-state index contributed by atoms with van der Waals surface area (Å²) in [7, 11) is 0. The van der Waals surface area contributed by atoms with Crippen molar-refractivity contribution in [2.24, 2.45) is 0 Å². The molecule has 1 aliphatic carbocycles. The summed E-state index contributed by atoms with van der Waals surface area (Å²) in [6.45, 7) is 1.61. The lowest BCUT2D eigenvalue weighted by molar-refractivity contribution is -0.119. The summed E-state index contributed by atoms with van der Waals surface area (Å²) in [6, 6.07) is 19.4. The van der Waals surface area contributed by atoms with Gasteiger partial charge in [-0.3, -0.25) is 4.79 Å². The minimum atomic E-state index is 0.0671. The highest BCUT2D eigenvalue weighted by Gasteiger charge is 2.29. The van der Waals surface area contributed by atoms with Gasteiger partial charge in [-0.15, -0.1) is 0 Å². The molecule has 0 spiro atoms. The average Bonchev–Trinajstić information content (AvgIpc) is 2.50. The Morgan fingerprint density at radius 2 is 1.81 bits per heavy atom. The van der Waals surface area contributed by atoms with Crippen molar-refractivity contribution in [2.75, 3.05) is 0 Å². The van der Waals surface area contributed by atoms with Crippen molar-refractivity contribution in [2.45, 2.75) is 38.1 Å². The van der Waals surface area contributed by atoms with Crippen molar-refractivity contribution in [3.63, 3.8) is 0 Å². The first-order chi connectivity index (χ1) is 10.2. The van der Waals surface area contributed by atoms with E-state index in [1.165, 1.54) is 16.7 Å². The molecule has 3 rings (SSSR count). The zero-order valence-corrected chi connectivity index (χ0v) is 12.4. The Hall–Kier alpha value is -2.09. The molecule has 1 N–H and O–H groups in total. The summed E-state index contributed by atoms with van der Waals surface area (Å²) >= 11 is 0. The third kappa shape index (κ3) is 3.15. The predicted molar refractivity (Wildman–Crippen MR) is 85.3 cm³/mol. The summed E-state index contributed by atoms with van der Waals surface area (Å²) in [6.07, 6.45) is 3.04. The van der Waals surface area contributed by atoms with Crippen LogP contribution >= 0.6 is 0 Å². The smallest absolute Gasteiger partial charge is 0.217 e. The third-order valence-corrected chi connectivity index (χ3v) is 4.35. The van der Waals surface area contributed by atoms with Crippen molar-refractivity contribution in [3.8, 4) is 0 Å². The molecule has 2 aromatic rings. The molecule has 2 heteroatoms. The minimum Gasteiger partial charge on any atom is -0.353 e. The Balaban J connectivity index is 1.92. The third-order valence-electron chi connectivity index (χ3n) is 4.35. The van der Waals surface area contributed by atoms with Crippen LogP contribution < -0.4 is 5.32 Å². The lowest BCUT2D eigenvalue weighted by Crippen LogP contribution is -2.41. The van der Waals surface area contributed by atoms with Crippen molar-refractivity contribution in [1.82, 2.24) is 5.32 Å². The van der Waals surface area contributed by atoms with Gasteiger partial charge in [0.15, 0.2) is 0 Å². The molecule has 2 aromatic carbocycles. The zero-order chi connectivity index (χ0) is 14.7. The Labute approximate surface area is 126 Å². The largest absolute Gasteiger partial charge is 0.353 e. The number of benzene rings is 2. The highest BCUT2D eigenvalue weighted by molar-refractivity contribution is 5.73. The molecule has 0 aliphatic heterocycles. The highest BCUT2D eigenvalue weighted by atomic mass is 16.1. The molecule has 0 saturated carbocycles. The number of rotatable bonds is 3. The van der Waals surface area contributed by atoms with Crippen LogP contribution in [0, 0.1) is 0 Å². The van der Waals surface area contributed by atoms with Gasteiger partial charge in [0.25, 0.3) is 0 Å². The molecular formula is C19H21NO. The van der Waals surface area contributed by atoms with Gasteiger partial charge in [-0.25, -0.2) is 0 Å². The second-order valence-corrected chi connectivity index (χ2v) is 5.84. The average molecular weight is 279 g/mol. The summed E-state index contributed by atoms with van der Waals surface area (Å²) in [5.74, 6) is 0.429. The molecule has 108 valence electrons. The number of amides is 1. The van der Waals surface area contributed by atoms with E-state index in [4.69, 9.17) is 0 Å². The zero-order valence-electron chi connectivity index (χ0n) is 12.4. The second-order valence-electron chi connectivity index (χ2n) is 5.84. The fraction of sp³-hybridized carbons (Fsp3) is 0.316. The Kier molecular flexibility index (Phi) is 4.05. The minimum absolute atomic E-state index is 0.0671. The first-order valence-corrected chi connectivity index (χ1v) is 7.63. The Morgan fingerprint density at radius 1 is 1.10 bits per heavy atom. The van der Waals surface area contributed by atoms with Gasteiger partial charge in [0.2, 0.25) is 5.91 Å². The van der Waals surface area contributed by atoms with E-state index in [1.54, 1.807) is 6.92 Å². The van der Waals surface area contributed by atoms with Crippen LogP contribution in [0.2, 0.25) is 0 Å². The van der Waals surface area contributed by atoms with Gasteiger partial charge < -0.3 is 5.32 Å². The van der Waals surface area contributed by atoms with E-state index >= 15 is 0 Å². The summed E-state index contributed by atoms with van der Waals surface area (Å²) in [5.41, 5.74) is 4.15. The van der Waals surface area contributed by atoms with E-state index < -0.39 is 0 Å². The Morgan fingerprint density at radius 3 is 2.57 bits per heavy atom. The van der Waals surface area contributed by atoms with E-state index in [9.17, 15) is 4.79 Å². The van der Waals surface area contributed by atoms with E-state index in [0.29, 0.717) is 5.92 Å². The standard InChI is InChI=1S/C19H21NO/c1-14(21)20-19-12-11-16-9-5-6-10-17(16)18(19)13-15-7-3-2-4-8-15/h2-10,18-19H,11-13H2,1H3,(H,20,21)/t18-,19+/m1/s1. The van der Waals surface area contributed by atoms with E-state index in [1.807, 2.05) is 6.07 Å². The molecule has 2 nitrogen and oxygen atoms in total. The summed E-state index contributed by atoms with van der Waals surface area (Å²) in [5, 5.41) is 3.15. The van der Waals surface area contributed by atoms with Crippen LogP contribution in [0.3, 0.4) is 0 Å². The molecule has 0 saturated heterocycles. The predicted octanol–water partition coefficient (Wildman–Crippen LogP) is 3.46. The molecule has 1 aliphatic rings. The van der Waals surface area contributed by atoms with Gasteiger partial charge in [-0.2, -0.15) is 0 Å². The lowest BCUT2D eigenvalue weighted by atomic mass is 9.76. The maximum Gasteiger partial charge on any atom is 0.217 e. The number of aryl methyl sites for hydroxylation is 1. The molecule has 0 fully saturated rings.